The lowest BCUT2D eigenvalue weighted by molar-refractivity contribution is -0.146. The number of carbonyl (C=O) groups is 1. The molecule has 1 rings (SSSR count). The van der Waals surface area contributed by atoms with Crippen molar-refractivity contribution in [3.8, 4) is 0 Å². The van der Waals surface area contributed by atoms with Crippen LogP contribution in [-0.4, -0.2) is 35.2 Å². The zero-order valence-corrected chi connectivity index (χ0v) is 10.6. The maximum atomic E-state index is 10.9. The number of hydrogen-bond acceptors (Lipinski definition) is 3. The number of rotatable bonds is 5. The lowest BCUT2D eigenvalue weighted by Crippen LogP contribution is -2.43. The average molecular weight is 231 g/mol. The highest BCUT2D eigenvalue weighted by Crippen LogP contribution is 2.29. The molecule has 0 aliphatic heterocycles. The highest BCUT2D eigenvalue weighted by Gasteiger charge is 2.31. The van der Waals surface area contributed by atoms with Crippen molar-refractivity contribution in [3.05, 3.63) is 0 Å². The van der Waals surface area contributed by atoms with Crippen molar-refractivity contribution < 1.29 is 9.90 Å². The summed E-state index contributed by atoms with van der Waals surface area (Å²) < 4.78 is 0. The first kappa shape index (κ1) is 12.8. The second kappa shape index (κ2) is 5.21. The van der Waals surface area contributed by atoms with E-state index in [0.717, 1.165) is 0 Å². The van der Waals surface area contributed by atoms with Crippen molar-refractivity contribution in [2.75, 3.05) is 12.8 Å². The van der Waals surface area contributed by atoms with Crippen molar-refractivity contribution in [2.24, 2.45) is 5.41 Å². The SMILES string of the molecule is CSC1CCCC1NCC(C)(C)C(=O)O. The van der Waals surface area contributed by atoms with Crippen LogP contribution < -0.4 is 5.32 Å². The molecule has 0 spiro atoms. The molecule has 3 nitrogen and oxygen atoms in total. The van der Waals surface area contributed by atoms with Crippen LogP contribution in [0.1, 0.15) is 33.1 Å². The van der Waals surface area contributed by atoms with Gasteiger partial charge in [-0.15, -0.1) is 0 Å². The number of nitrogens with one attached hydrogen (secondary N) is 1. The van der Waals surface area contributed by atoms with E-state index in [9.17, 15) is 4.79 Å². The summed E-state index contributed by atoms with van der Waals surface area (Å²) in [7, 11) is 0. The molecule has 0 bridgehead atoms. The van der Waals surface area contributed by atoms with Crippen molar-refractivity contribution >= 4 is 17.7 Å². The smallest absolute Gasteiger partial charge is 0.310 e. The van der Waals surface area contributed by atoms with Crippen LogP contribution in [-0.2, 0) is 4.79 Å². The second-order valence-electron chi connectivity index (χ2n) is 4.88. The van der Waals surface area contributed by atoms with E-state index in [1.54, 1.807) is 13.8 Å². The van der Waals surface area contributed by atoms with Crippen LogP contribution in [0.4, 0.5) is 0 Å². The van der Waals surface area contributed by atoms with Crippen molar-refractivity contribution in [1.29, 1.82) is 0 Å². The van der Waals surface area contributed by atoms with Crippen LogP contribution in [0.5, 0.6) is 0 Å². The summed E-state index contributed by atoms with van der Waals surface area (Å²) in [6.07, 6.45) is 5.83. The highest BCUT2D eigenvalue weighted by molar-refractivity contribution is 7.99. The van der Waals surface area contributed by atoms with E-state index in [0.29, 0.717) is 17.8 Å². The van der Waals surface area contributed by atoms with E-state index < -0.39 is 11.4 Å². The van der Waals surface area contributed by atoms with Gasteiger partial charge in [0.1, 0.15) is 0 Å². The van der Waals surface area contributed by atoms with Gasteiger partial charge in [0.2, 0.25) is 0 Å². The molecule has 1 fully saturated rings. The lowest BCUT2D eigenvalue weighted by Gasteiger charge is -2.25. The van der Waals surface area contributed by atoms with Crippen molar-refractivity contribution in [3.63, 3.8) is 0 Å². The molecule has 1 aliphatic rings. The van der Waals surface area contributed by atoms with Crippen LogP contribution in [0.15, 0.2) is 0 Å². The third kappa shape index (κ3) is 3.38. The minimum absolute atomic E-state index is 0.499. The third-order valence-corrected chi connectivity index (χ3v) is 4.31. The van der Waals surface area contributed by atoms with Crippen LogP contribution in [0.2, 0.25) is 0 Å². The molecule has 4 heteroatoms. The minimum Gasteiger partial charge on any atom is -0.481 e. The first-order valence-corrected chi connectivity index (χ1v) is 6.76. The standard InChI is InChI=1S/C11H21NO2S/c1-11(2,10(13)14)7-12-8-5-4-6-9(8)15-3/h8-9,12H,4-7H2,1-3H3,(H,13,14). The zero-order valence-electron chi connectivity index (χ0n) is 9.75. The van der Waals surface area contributed by atoms with Gasteiger partial charge in [-0.1, -0.05) is 6.42 Å². The number of carboxylic acids is 1. The summed E-state index contributed by atoms with van der Waals surface area (Å²) in [5.74, 6) is -0.728. The average Bonchev–Trinajstić information content (AvgIpc) is 2.61. The topological polar surface area (TPSA) is 49.3 Å². The van der Waals surface area contributed by atoms with Gasteiger partial charge in [-0.3, -0.25) is 4.79 Å². The zero-order chi connectivity index (χ0) is 11.5. The molecule has 0 aromatic carbocycles. The molecule has 2 unspecified atom stereocenters. The molecule has 0 aromatic heterocycles. The van der Waals surface area contributed by atoms with Gasteiger partial charge in [0.15, 0.2) is 0 Å². The Kier molecular flexibility index (Phi) is 4.46. The Balaban J connectivity index is 2.39. The molecule has 88 valence electrons. The molecule has 0 saturated heterocycles. The Labute approximate surface area is 96.0 Å². The van der Waals surface area contributed by atoms with Crippen molar-refractivity contribution in [1.82, 2.24) is 5.32 Å². The molecule has 2 N–H and O–H groups in total. The molecule has 0 amide bonds. The quantitative estimate of drug-likeness (QED) is 0.759. The molecule has 1 saturated carbocycles. The minimum atomic E-state index is -0.728. The molecular formula is C11H21NO2S. The van der Waals surface area contributed by atoms with Crippen molar-refractivity contribution in [2.45, 2.75) is 44.4 Å². The highest BCUT2D eigenvalue weighted by atomic mass is 32.2. The number of thioether (sulfide) groups is 1. The first-order valence-electron chi connectivity index (χ1n) is 5.47. The lowest BCUT2D eigenvalue weighted by atomic mass is 9.93. The summed E-state index contributed by atoms with van der Waals surface area (Å²) in [5.41, 5.74) is -0.661. The maximum absolute atomic E-state index is 10.9. The van der Waals surface area contributed by atoms with Crippen LogP contribution in [0.25, 0.3) is 0 Å². The normalized spacial score (nSPS) is 26.9. The fraction of sp³-hybridized carbons (Fsp3) is 0.909. The van der Waals surface area contributed by atoms with Gasteiger partial charge in [-0.25, -0.2) is 0 Å². The van der Waals surface area contributed by atoms with E-state index >= 15 is 0 Å². The summed E-state index contributed by atoms with van der Waals surface area (Å²) >= 11 is 1.89. The van der Waals surface area contributed by atoms with E-state index in [1.165, 1.54) is 19.3 Å². The van der Waals surface area contributed by atoms with E-state index in [-0.39, 0.29) is 0 Å². The van der Waals surface area contributed by atoms with Crippen LogP contribution >= 0.6 is 11.8 Å². The molecule has 1 aliphatic carbocycles. The summed E-state index contributed by atoms with van der Waals surface area (Å²) in [6.45, 7) is 4.10. The van der Waals surface area contributed by atoms with Gasteiger partial charge >= 0.3 is 5.97 Å². The molecule has 2 atom stereocenters. The Bertz CT molecular complexity index is 231. The monoisotopic (exact) mass is 231 g/mol. The molecule has 0 heterocycles. The fourth-order valence-corrected chi connectivity index (χ4v) is 2.87. The Hall–Kier alpha value is -0.220. The van der Waals surface area contributed by atoms with Gasteiger partial charge in [-0.05, 0) is 32.9 Å². The molecule has 0 radical (unpaired) electrons. The Morgan fingerprint density at radius 2 is 2.20 bits per heavy atom. The molecule has 0 aromatic rings. The Morgan fingerprint density at radius 1 is 1.53 bits per heavy atom. The van der Waals surface area contributed by atoms with Gasteiger partial charge in [-0.2, -0.15) is 11.8 Å². The predicted octanol–water partition coefficient (Wildman–Crippen LogP) is 1.97. The predicted molar refractivity (Wildman–Crippen MR) is 64.4 cm³/mol. The van der Waals surface area contributed by atoms with Crippen LogP contribution in [0.3, 0.4) is 0 Å². The van der Waals surface area contributed by atoms with Gasteiger partial charge < -0.3 is 10.4 Å². The number of carboxylic acid groups (broad SMARTS) is 1. The second-order valence-corrected chi connectivity index (χ2v) is 5.96. The largest absolute Gasteiger partial charge is 0.481 e. The van der Waals surface area contributed by atoms with E-state index in [2.05, 4.69) is 11.6 Å². The Morgan fingerprint density at radius 3 is 2.73 bits per heavy atom. The van der Waals surface area contributed by atoms with E-state index in [4.69, 9.17) is 5.11 Å². The van der Waals surface area contributed by atoms with Gasteiger partial charge in [0, 0.05) is 17.8 Å². The summed E-state index contributed by atoms with van der Waals surface area (Å²) in [5, 5.41) is 13.1. The molecular weight excluding hydrogens is 210 g/mol. The van der Waals surface area contributed by atoms with Gasteiger partial charge in [0.25, 0.3) is 0 Å². The van der Waals surface area contributed by atoms with Crippen LogP contribution in [0, 0.1) is 5.41 Å². The fourth-order valence-electron chi connectivity index (χ4n) is 1.90. The third-order valence-electron chi connectivity index (χ3n) is 3.14. The first-order chi connectivity index (χ1) is 6.97. The number of aliphatic carboxylic acids is 1. The van der Waals surface area contributed by atoms with Gasteiger partial charge in [0.05, 0.1) is 5.41 Å². The number of hydrogen-bond donors (Lipinski definition) is 2. The molecule has 15 heavy (non-hydrogen) atoms. The summed E-state index contributed by atoms with van der Waals surface area (Å²) in [6, 6.07) is 0.499. The maximum Gasteiger partial charge on any atom is 0.310 e. The van der Waals surface area contributed by atoms with E-state index in [1.807, 2.05) is 11.8 Å². The summed E-state index contributed by atoms with van der Waals surface area (Å²) in [4.78, 5) is 10.9.